The zero-order valence-corrected chi connectivity index (χ0v) is 35.7. The van der Waals surface area contributed by atoms with Crippen molar-refractivity contribution in [3.05, 3.63) is 120 Å². The van der Waals surface area contributed by atoms with E-state index in [1.807, 2.05) is 62.3 Å². The Morgan fingerprint density at radius 1 is 0.758 bits per heavy atom. The van der Waals surface area contributed by atoms with Crippen LogP contribution in [0.2, 0.25) is 0 Å². The van der Waals surface area contributed by atoms with Crippen LogP contribution in [0.5, 0.6) is 0 Å². The number of hydrogen-bond donors (Lipinski definition) is 5. The van der Waals surface area contributed by atoms with Gasteiger partial charge in [-0.1, -0.05) is 92.2 Å². The van der Waals surface area contributed by atoms with Crippen LogP contribution in [-0.2, 0) is 19.1 Å². The lowest BCUT2D eigenvalue weighted by molar-refractivity contribution is -0.136. The molecule has 14 heteroatoms. The number of methoxy groups -OCH3 is 2. The summed E-state index contributed by atoms with van der Waals surface area (Å²) < 4.78 is 9.65. The molecule has 2 saturated heterocycles. The summed E-state index contributed by atoms with van der Waals surface area (Å²) in [5, 5.41) is 14.8. The SMILES string of the molecule is COC(=O)N[C@H](C(=O)N1CCC[C@H]1C1NC=C(c2ccc3cc(-c4ccc(-c5cnc([C@@H]6CCCN6C(=O)[C@H](NC(=O)OC)c6cccc(C)c6)[nH]5)cc4)ccc3c2)N1)C(C)C. The van der Waals surface area contributed by atoms with Crippen molar-refractivity contribution in [2.75, 3.05) is 27.3 Å². The summed E-state index contributed by atoms with van der Waals surface area (Å²) in [6.07, 6.45) is 5.67. The molecule has 14 nitrogen and oxygen atoms in total. The van der Waals surface area contributed by atoms with Gasteiger partial charge in [0.05, 0.1) is 43.9 Å². The third kappa shape index (κ3) is 8.67. The number of imidazole rings is 1. The molecule has 0 spiro atoms. The Kier molecular flexibility index (Phi) is 12.2. The summed E-state index contributed by atoms with van der Waals surface area (Å²) in [7, 11) is 2.59. The molecule has 0 saturated carbocycles. The van der Waals surface area contributed by atoms with Gasteiger partial charge >= 0.3 is 12.2 Å². The number of carbonyl (C=O) groups is 4. The molecule has 4 amide bonds. The Balaban J connectivity index is 0.919. The average molecular weight is 839 g/mol. The van der Waals surface area contributed by atoms with E-state index in [-0.39, 0.29) is 36.0 Å². The molecule has 0 bridgehead atoms. The van der Waals surface area contributed by atoms with E-state index >= 15 is 0 Å². The minimum absolute atomic E-state index is 0.0732. The molecule has 5 atom stereocenters. The van der Waals surface area contributed by atoms with E-state index in [1.54, 1.807) is 4.90 Å². The summed E-state index contributed by atoms with van der Waals surface area (Å²) in [6, 6.07) is 26.9. The van der Waals surface area contributed by atoms with E-state index in [2.05, 4.69) is 86.9 Å². The smallest absolute Gasteiger partial charge is 0.407 e. The third-order valence-corrected chi connectivity index (χ3v) is 12.3. The first-order valence-corrected chi connectivity index (χ1v) is 21.3. The number of ether oxygens (including phenoxy) is 2. The molecule has 4 aromatic carbocycles. The summed E-state index contributed by atoms with van der Waals surface area (Å²) in [6.45, 7) is 6.98. The number of rotatable bonds is 11. The van der Waals surface area contributed by atoms with E-state index in [1.165, 1.54) is 14.2 Å². The number of nitrogens with one attached hydrogen (secondary N) is 5. The van der Waals surface area contributed by atoms with Gasteiger partial charge in [0.2, 0.25) is 5.91 Å². The van der Waals surface area contributed by atoms with Crippen LogP contribution >= 0.6 is 0 Å². The zero-order valence-electron chi connectivity index (χ0n) is 35.7. The van der Waals surface area contributed by atoms with Gasteiger partial charge in [0.1, 0.15) is 24.1 Å². The minimum Gasteiger partial charge on any atom is -0.453 e. The number of amides is 4. The molecule has 5 N–H and O–H groups in total. The number of fused-ring (bicyclic) bond motifs is 1. The van der Waals surface area contributed by atoms with Gasteiger partial charge in [0, 0.05) is 19.3 Å². The van der Waals surface area contributed by atoms with E-state index in [0.717, 1.165) is 75.7 Å². The maximum Gasteiger partial charge on any atom is 0.407 e. The lowest BCUT2D eigenvalue weighted by Gasteiger charge is -2.34. The second-order valence-electron chi connectivity index (χ2n) is 16.7. The Morgan fingerprint density at radius 3 is 2.15 bits per heavy atom. The first-order valence-electron chi connectivity index (χ1n) is 21.3. The number of aromatic nitrogens is 2. The predicted molar refractivity (Wildman–Crippen MR) is 237 cm³/mol. The summed E-state index contributed by atoms with van der Waals surface area (Å²) in [5.74, 6) is 0.316. The predicted octanol–water partition coefficient (Wildman–Crippen LogP) is 7.16. The summed E-state index contributed by atoms with van der Waals surface area (Å²) >= 11 is 0. The Labute approximate surface area is 361 Å². The molecule has 1 unspecified atom stereocenters. The number of carbonyl (C=O) groups excluding carboxylic acids is 4. The molecular formula is C48H54N8O6. The highest BCUT2D eigenvalue weighted by Crippen LogP contribution is 2.35. The van der Waals surface area contributed by atoms with Crippen molar-refractivity contribution in [1.82, 2.24) is 41.0 Å². The van der Waals surface area contributed by atoms with Crippen LogP contribution in [-0.4, -0.2) is 89.3 Å². The first-order chi connectivity index (χ1) is 30.0. The molecule has 0 aliphatic carbocycles. The highest BCUT2D eigenvalue weighted by atomic mass is 16.5. The van der Waals surface area contributed by atoms with Crippen molar-refractivity contribution in [2.45, 2.75) is 76.8 Å². The molecule has 3 aliphatic heterocycles. The summed E-state index contributed by atoms with van der Waals surface area (Å²) in [4.78, 5) is 63.9. The van der Waals surface area contributed by atoms with Crippen LogP contribution in [0, 0.1) is 12.8 Å². The Morgan fingerprint density at radius 2 is 1.42 bits per heavy atom. The molecule has 5 aromatic rings. The fourth-order valence-corrected chi connectivity index (χ4v) is 8.97. The third-order valence-electron chi connectivity index (χ3n) is 12.3. The van der Waals surface area contributed by atoms with Gasteiger partial charge in [0.15, 0.2) is 0 Å². The van der Waals surface area contributed by atoms with Crippen molar-refractivity contribution in [2.24, 2.45) is 5.92 Å². The highest BCUT2D eigenvalue weighted by molar-refractivity contribution is 5.91. The van der Waals surface area contributed by atoms with Gasteiger partial charge in [0.25, 0.3) is 5.91 Å². The van der Waals surface area contributed by atoms with Gasteiger partial charge in [-0.05, 0) is 89.2 Å². The maximum atomic E-state index is 14.0. The van der Waals surface area contributed by atoms with E-state index in [0.29, 0.717) is 24.5 Å². The highest BCUT2D eigenvalue weighted by Gasteiger charge is 2.41. The van der Waals surface area contributed by atoms with Gasteiger partial charge < -0.3 is 45.5 Å². The Hall–Kier alpha value is -6.83. The molecule has 0 radical (unpaired) electrons. The van der Waals surface area contributed by atoms with E-state index < -0.39 is 24.3 Å². The van der Waals surface area contributed by atoms with Gasteiger partial charge in [-0.2, -0.15) is 0 Å². The second kappa shape index (κ2) is 18.0. The maximum absolute atomic E-state index is 14.0. The molecular weight excluding hydrogens is 785 g/mol. The van der Waals surface area contributed by atoms with Crippen LogP contribution in [0.4, 0.5) is 9.59 Å². The molecule has 1 aromatic heterocycles. The minimum atomic E-state index is -0.884. The van der Waals surface area contributed by atoms with Crippen molar-refractivity contribution in [1.29, 1.82) is 0 Å². The number of aryl methyl sites for hydroxylation is 1. The van der Waals surface area contributed by atoms with E-state index in [9.17, 15) is 19.2 Å². The van der Waals surface area contributed by atoms with Crippen LogP contribution in [0.15, 0.2) is 97.3 Å². The van der Waals surface area contributed by atoms with Crippen LogP contribution in [0.1, 0.15) is 74.1 Å². The fraction of sp³-hybridized carbons (Fsp3) is 0.354. The van der Waals surface area contributed by atoms with Gasteiger partial charge in [-0.15, -0.1) is 0 Å². The number of benzene rings is 4. The van der Waals surface area contributed by atoms with Crippen LogP contribution in [0.3, 0.4) is 0 Å². The molecule has 322 valence electrons. The molecule has 3 aliphatic rings. The van der Waals surface area contributed by atoms with Gasteiger partial charge in [-0.3, -0.25) is 9.59 Å². The van der Waals surface area contributed by atoms with Crippen molar-refractivity contribution < 1.29 is 28.7 Å². The fourth-order valence-electron chi connectivity index (χ4n) is 8.97. The number of nitrogens with zero attached hydrogens (tertiary/aromatic N) is 3. The molecule has 2 fully saturated rings. The first kappa shape index (κ1) is 41.9. The largest absolute Gasteiger partial charge is 0.453 e. The standard InChI is InChI=1S/C48H54N8O6/c1-28(2)41(53-47(59)61-4)45(57)55-21-7-11-39(55)44-50-27-38(52-44)35-20-19-33-24-32(17-18-34(33)25-35)30-13-15-31(16-14-30)37-26-49-43(51-37)40-12-8-22-56(40)46(58)42(54-48(60)62-5)36-10-6-9-29(3)23-36/h6,9-10,13-20,23-28,39-42,44,50,52H,7-8,11-12,21-22H2,1-5H3,(H,49,51)(H,53,59)(H,54,60)/t39-,40-,41-,42+,44?/m0/s1. The Bertz CT molecular complexity index is 2500. The lowest BCUT2D eigenvalue weighted by atomic mass is 9.98. The molecule has 4 heterocycles. The molecule has 8 rings (SSSR count). The van der Waals surface area contributed by atoms with Crippen molar-refractivity contribution in [3.8, 4) is 22.4 Å². The number of aromatic amines is 1. The summed E-state index contributed by atoms with van der Waals surface area (Å²) in [5.41, 5.74) is 7.70. The lowest BCUT2D eigenvalue weighted by Crippen LogP contribution is -2.57. The van der Waals surface area contributed by atoms with Crippen molar-refractivity contribution in [3.63, 3.8) is 0 Å². The quantitative estimate of drug-likeness (QED) is 0.0927. The number of hydrogen-bond acceptors (Lipinski definition) is 9. The normalized spacial score (nSPS) is 19.4. The number of H-pyrrole nitrogens is 1. The topological polar surface area (TPSA) is 170 Å². The molecule has 62 heavy (non-hydrogen) atoms. The number of alkyl carbamates (subject to hydrolysis) is 2. The van der Waals surface area contributed by atoms with Crippen LogP contribution < -0.4 is 21.3 Å². The van der Waals surface area contributed by atoms with Gasteiger partial charge in [-0.25, -0.2) is 14.6 Å². The van der Waals surface area contributed by atoms with Crippen molar-refractivity contribution >= 4 is 40.5 Å². The number of likely N-dealkylation sites (tertiary alicyclic amines) is 2. The second-order valence-corrected chi connectivity index (χ2v) is 16.7. The average Bonchev–Trinajstić information content (AvgIpc) is 4.14. The zero-order chi connectivity index (χ0) is 43.5. The van der Waals surface area contributed by atoms with Crippen LogP contribution in [0.25, 0.3) is 38.9 Å². The monoisotopic (exact) mass is 838 g/mol. The van der Waals surface area contributed by atoms with E-state index in [4.69, 9.17) is 14.5 Å².